The van der Waals surface area contributed by atoms with E-state index in [4.69, 9.17) is 0 Å². The molecule has 0 aromatic carbocycles. The second-order valence-electron chi connectivity index (χ2n) is 3.98. The van der Waals surface area contributed by atoms with Gasteiger partial charge in [-0.05, 0) is 0 Å². The average Bonchev–Trinajstić information content (AvgIpc) is 2.21. The molecule has 0 amide bonds. The van der Waals surface area contributed by atoms with Gasteiger partial charge in [0.05, 0.1) is 0 Å². The van der Waals surface area contributed by atoms with E-state index in [1.54, 1.807) is 0 Å². The van der Waals surface area contributed by atoms with Gasteiger partial charge in [-0.15, -0.1) is 0 Å². The maximum atomic E-state index is 2.69. The first-order valence-electron chi connectivity index (χ1n) is 6.12. The van der Waals surface area contributed by atoms with Crippen molar-refractivity contribution in [3.63, 3.8) is 0 Å². The number of nitrogens with zero attached hydrogens (tertiary/aromatic N) is 2. The molecule has 0 N–H and O–H groups in total. The van der Waals surface area contributed by atoms with E-state index in [1.807, 2.05) is 0 Å². The van der Waals surface area contributed by atoms with Gasteiger partial charge in [-0.1, -0.05) is 0 Å². The zero-order chi connectivity index (χ0) is 11.0. The second-order valence-corrected chi connectivity index (χ2v) is 12.0. The van der Waals surface area contributed by atoms with Gasteiger partial charge in [0, 0.05) is 0 Å². The van der Waals surface area contributed by atoms with Crippen molar-refractivity contribution >= 4 is 16.5 Å². The molecule has 0 heterocycles. The Morgan fingerprint density at radius 3 is 1.71 bits per heavy atom. The second kappa shape index (κ2) is 8.83. The fourth-order valence-electron chi connectivity index (χ4n) is 1.93. The molecule has 0 aliphatic rings. The first-order valence-corrected chi connectivity index (χ1v) is 10.6. The van der Waals surface area contributed by atoms with Crippen LogP contribution in [-0.2, 0) is 0 Å². The molecule has 0 spiro atoms. The Balaban J connectivity index is 3.75. The van der Waals surface area contributed by atoms with Crippen LogP contribution < -0.4 is 0 Å². The van der Waals surface area contributed by atoms with Crippen molar-refractivity contribution in [3.05, 3.63) is 0 Å². The van der Waals surface area contributed by atoms with Crippen LogP contribution in [0.5, 0.6) is 0 Å². The van der Waals surface area contributed by atoms with Crippen LogP contribution in [0.25, 0.3) is 0 Å². The van der Waals surface area contributed by atoms with Crippen molar-refractivity contribution in [2.24, 2.45) is 0 Å². The van der Waals surface area contributed by atoms with Crippen molar-refractivity contribution < 1.29 is 0 Å². The summed E-state index contributed by atoms with van der Waals surface area (Å²) in [7, 11) is 2.33. The first-order chi connectivity index (χ1) is 6.69. The molecular formula is C11H27GaN2. The van der Waals surface area contributed by atoms with E-state index in [1.165, 1.54) is 36.1 Å². The minimum atomic E-state index is -1.03. The van der Waals surface area contributed by atoms with Crippen molar-refractivity contribution in [1.29, 1.82) is 0 Å². The molecule has 0 fully saturated rings. The summed E-state index contributed by atoms with van der Waals surface area (Å²) < 4.78 is 2.69. The van der Waals surface area contributed by atoms with Crippen molar-refractivity contribution in [3.8, 4) is 0 Å². The summed E-state index contributed by atoms with van der Waals surface area (Å²) in [6, 6.07) is 0. The minimum absolute atomic E-state index is 1.03. The summed E-state index contributed by atoms with van der Waals surface area (Å²) in [5, 5.41) is 0. The first kappa shape index (κ1) is 14.6. The number of likely N-dealkylation sites (N-methyl/N-ethyl adjacent to an activating group) is 2. The molecule has 0 unspecified atom stereocenters. The Hall–Kier alpha value is 0.556. The average molecular weight is 257 g/mol. The van der Waals surface area contributed by atoms with Gasteiger partial charge in [-0.2, -0.15) is 0 Å². The van der Waals surface area contributed by atoms with Crippen molar-refractivity contribution in [1.82, 2.24) is 8.51 Å². The fourth-order valence-corrected chi connectivity index (χ4v) is 6.77. The van der Waals surface area contributed by atoms with Gasteiger partial charge in [0.15, 0.2) is 0 Å². The molecule has 84 valence electrons. The maximum absolute atomic E-state index is 2.69. The predicted molar refractivity (Wildman–Crippen MR) is 67.1 cm³/mol. The van der Waals surface area contributed by atoms with Gasteiger partial charge in [-0.25, -0.2) is 0 Å². The topological polar surface area (TPSA) is 6.48 Å². The Kier molecular flexibility index (Phi) is 9.18. The van der Waals surface area contributed by atoms with Crippen LogP contribution in [0.1, 0.15) is 27.7 Å². The molecule has 0 aliphatic heterocycles. The Bertz CT molecular complexity index is 122. The summed E-state index contributed by atoms with van der Waals surface area (Å²) in [5.41, 5.74) is 0. The molecule has 2 nitrogen and oxygen atoms in total. The quantitative estimate of drug-likeness (QED) is 0.615. The van der Waals surface area contributed by atoms with Gasteiger partial charge in [-0.3, -0.25) is 0 Å². The summed E-state index contributed by atoms with van der Waals surface area (Å²) in [5.74, 6) is 0. The van der Waals surface area contributed by atoms with E-state index in [9.17, 15) is 0 Å². The van der Waals surface area contributed by atoms with Gasteiger partial charge < -0.3 is 0 Å². The molecule has 14 heavy (non-hydrogen) atoms. The Morgan fingerprint density at radius 2 is 1.36 bits per heavy atom. The number of hydrogen-bond acceptors (Lipinski definition) is 2. The fraction of sp³-hybridized carbons (Fsp3) is 1.00. The molecule has 3 heteroatoms. The molecular weight excluding hydrogens is 230 g/mol. The molecule has 0 aromatic heterocycles. The molecule has 0 saturated carbocycles. The van der Waals surface area contributed by atoms with Gasteiger partial charge in [0.25, 0.3) is 0 Å². The third-order valence-electron chi connectivity index (χ3n) is 3.23. The third-order valence-corrected chi connectivity index (χ3v) is 10.3. The van der Waals surface area contributed by atoms with Crippen LogP contribution in [0.15, 0.2) is 0 Å². The third kappa shape index (κ3) is 5.44. The van der Waals surface area contributed by atoms with Crippen LogP contribution in [0.3, 0.4) is 0 Å². The van der Waals surface area contributed by atoms with Gasteiger partial charge in [0.1, 0.15) is 0 Å². The molecule has 0 aromatic rings. The van der Waals surface area contributed by atoms with Crippen molar-refractivity contribution in [2.75, 3.05) is 33.2 Å². The molecule has 0 bridgehead atoms. The standard InChI is InChI=1S/C7H17N2.2C2H5.Ga/c1-4-9(5-2)7-6-8-3;2*1-2;/h4-7H2,1-3H3;2*1H2,2H3;/q-1;;;+1. The van der Waals surface area contributed by atoms with E-state index in [0.29, 0.717) is 0 Å². The van der Waals surface area contributed by atoms with E-state index in [2.05, 4.69) is 43.2 Å². The summed E-state index contributed by atoms with van der Waals surface area (Å²) in [6.07, 6.45) is 0. The van der Waals surface area contributed by atoms with Crippen LogP contribution in [0.2, 0.25) is 9.95 Å². The zero-order valence-corrected chi connectivity index (χ0v) is 13.1. The van der Waals surface area contributed by atoms with E-state index >= 15 is 0 Å². The zero-order valence-electron chi connectivity index (χ0n) is 10.7. The molecule has 0 radical (unpaired) electrons. The monoisotopic (exact) mass is 256 g/mol. The van der Waals surface area contributed by atoms with E-state index < -0.39 is 16.5 Å². The Morgan fingerprint density at radius 1 is 0.857 bits per heavy atom. The number of hydrogen-bond donors (Lipinski definition) is 0. The van der Waals surface area contributed by atoms with Crippen LogP contribution in [0, 0.1) is 0 Å². The summed E-state index contributed by atoms with van der Waals surface area (Å²) in [4.78, 5) is 5.43. The van der Waals surface area contributed by atoms with Crippen LogP contribution in [0.4, 0.5) is 0 Å². The predicted octanol–water partition coefficient (Wildman–Crippen LogP) is 2.29. The SMILES string of the molecule is CCN(CC)CC[N](C)[Ga]([CH2]C)[CH2]C. The van der Waals surface area contributed by atoms with Gasteiger partial charge in [0.2, 0.25) is 0 Å². The van der Waals surface area contributed by atoms with E-state index in [0.717, 1.165) is 0 Å². The van der Waals surface area contributed by atoms with Gasteiger partial charge >= 0.3 is 95.8 Å². The van der Waals surface area contributed by atoms with E-state index in [-0.39, 0.29) is 0 Å². The van der Waals surface area contributed by atoms with Crippen LogP contribution >= 0.6 is 0 Å². The molecule has 0 aliphatic carbocycles. The normalized spacial score (nSPS) is 11.4. The Labute approximate surface area is 96.0 Å². The molecule has 0 atom stereocenters. The number of rotatable bonds is 8. The molecule has 0 rings (SSSR count). The molecule has 0 saturated heterocycles. The summed E-state index contributed by atoms with van der Waals surface area (Å²) >= 11 is -1.03. The van der Waals surface area contributed by atoms with Crippen molar-refractivity contribution in [2.45, 2.75) is 37.6 Å². The summed E-state index contributed by atoms with van der Waals surface area (Å²) in [6.45, 7) is 14.2. The van der Waals surface area contributed by atoms with Crippen LogP contribution in [-0.4, -0.2) is 58.2 Å².